The number of hydrogen-bond acceptors (Lipinski definition) is 2. The highest BCUT2D eigenvalue weighted by atomic mass is 16.5. The molecule has 3 nitrogen and oxygen atoms in total. The molecule has 1 heterocycles. The Hall–Kier alpha value is -1.87. The van der Waals surface area contributed by atoms with Gasteiger partial charge < -0.3 is 9.84 Å². The molecule has 2 atom stereocenters. The van der Waals surface area contributed by atoms with E-state index in [1.165, 1.54) is 5.56 Å². The molecule has 1 aliphatic heterocycles. The summed E-state index contributed by atoms with van der Waals surface area (Å²) < 4.78 is 6.10. The topological polar surface area (TPSA) is 46.5 Å². The summed E-state index contributed by atoms with van der Waals surface area (Å²) in [4.78, 5) is 11.0. The molecule has 0 amide bonds. The number of hydrogen-bond donors (Lipinski definition) is 1. The Morgan fingerprint density at radius 3 is 2.74 bits per heavy atom. The van der Waals surface area contributed by atoms with Crippen LogP contribution in [-0.4, -0.2) is 17.2 Å². The van der Waals surface area contributed by atoms with E-state index in [0.717, 1.165) is 18.4 Å². The van der Waals surface area contributed by atoms with Crippen LogP contribution in [0.1, 0.15) is 30.9 Å². The summed E-state index contributed by atoms with van der Waals surface area (Å²) in [6.45, 7) is 0. The molecule has 98 valence electrons. The Labute approximate surface area is 112 Å². The number of fused-ring (bicyclic) bond motifs is 1. The molecule has 1 aromatic carbocycles. The Kier molecular flexibility index (Phi) is 3.22. The van der Waals surface area contributed by atoms with Gasteiger partial charge in [-0.1, -0.05) is 36.4 Å². The fourth-order valence-electron chi connectivity index (χ4n) is 2.74. The zero-order valence-electron chi connectivity index (χ0n) is 10.6. The van der Waals surface area contributed by atoms with Gasteiger partial charge in [-0.15, -0.1) is 0 Å². The summed E-state index contributed by atoms with van der Waals surface area (Å²) in [6.07, 6.45) is 6.19. The standard InChI is InChI=1S/C16H16O3/c17-16(18)13-7-9-15-12(10-13)6-8-14(19-15)11-4-2-1-3-5-11/h1-5,7,10,14-15H,6,8-9H2,(H,17,18). The first-order chi connectivity index (χ1) is 9.24. The quantitative estimate of drug-likeness (QED) is 0.883. The minimum Gasteiger partial charge on any atom is -0.478 e. The number of benzene rings is 1. The van der Waals surface area contributed by atoms with Crippen LogP contribution < -0.4 is 0 Å². The average molecular weight is 256 g/mol. The van der Waals surface area contributed by atoms with Gasteiger partial charge in [0.15, 0.2) is 0 Å². The van der Waals surface area contributed by atoms with Gasteiger partial charge in [0.1, 0.15) is 0 Å². The molecule has 3 heteroatoms. The smallest absolute Gasteiger partial charge is 0.335 e. The highest BCUT2D eigenvalue weighted by Crippen LogP contribution is 2.37. The zero-order valence-corrected chi connectivity index (χ0v) is 10.6. The van der Waals surface area contributed by atoms with Crippen molar-refractivity contribution in [1.29, 1.82) is 0 Å². The number of carbonyl (C=O) groups is 1. The fraction of sp³-hybridized carbons (Fsp3) is 0.312. The maximum atomic E-state index is 11.0. The van der Waals surface area contributed by atoms with Crippen LogP contribution in [0.2, 0.25) is 0 Å². The van der Waals surface area contributed by atoms with Crippen molar-refractivity contribution in [3.63, 3.8) is 0 Å². The van der Waals surface area contributed by atoms with Crippen molar-refractivity contribution in [1.82, 2.24) is 0 Å². The van der Waals surface area contributed by atoms with E-state index in [0.29, 0.717) is 12.0 Å². The van der Waals surface area contributed by atoms with E-state index >= 15 is 0 Å². The van der Waals surface area contributed by atoms with Crippen molar-refractivity contribution in [2.45, 2.75) is 31.5 Å². The predicted octanol–water partition coefficient (Wildman–Crippen LogP) is 3.25. The van der Waals surface area contributed by atoms with Crippen LogP contribution in [0, 0.1) is 0 Å². The molecule has 0 radical (unpaired) electrons. The summed E-state index contributed by atoms with van der Waals surface area (Å²) in [5.74, 6) is -0.851. The zero-order chi connectivity index (χ0) is 13.2. The van der Waals surface area contributed by atoms with Gasteiger partial charge >= 0.3 is 5.97 Å². The second kappa shape index (κ2) is 5.02. The van der Waals surface area contributed by atoms with Crippen molar-refractivity contribution >= 4 is 5.97 Å². The second-order valence-corrected chi connectivity index (χ2v) is 4.98. The summed E-state index contributed by atoms with van der Waals surface area (Å²) in [5.41, 5.74) is 2.72. The van der Waals surface area contributed by atoms with Crippen molar-refractivity contribution < 1.29 is 14.6 Å². The summed E-state index contributed by atoms with van der Waals surface area (Å²) in [5, 5.41) is 9.00. The maximum absolute atomic E-state index is 11.0. The summed E-state index contributed by atoms with van der Waals surface area (Å²) in [7, 11) is 0. The predicted molar refractivity (Wildman–Crippen MR) is 71.7 cm³/mol. The number of aliphatic carboxylic acids is 1. The Bertz CT molecular complexity index is 542. The molecule has 1 aromatic rings. The molecule has 2 aliphatic rings. The second-order valence-electron chi connectivity index (χ2n) is 4.98. The molecule has 2 unspecified atom stereocenters. The van der Waals surface area contributed by atoms with Gasteiger partial charge in [0.2, 0.25) is 0 Å². The molecule has 19 heavy (non-hydrogen) atoms. The number of rotatable bonds is 2. The van der Waals surface area contributed by atoms with E-state index in [9.17, 15) is 4.79 Å². The molecule has 1 aliphatic carbocycles. The van der Waals surface area contributed by atoms with Crippen molar-refractivity contribution in [3.05, 3.63) is 59.2 Å². The Balaban J connectivity index is 1.75. The monoisotopic (exact) mass is 256 g/mol. The normalized spacial score (nSPS) is 26.1. The molecule has 0 spiro atoms. The molecule has 0 bridgehead atoms. The summed E-state index contributed by atoms with van der Waals surface area (Å²) >= 11 is 0. The van der Waals surface area contributed by atoms with Gasteiger partial charge in [0.25, 0.3) is 0 Å². The molecule has 3 rings (SSSR count). The van der Waals surface area contributed by atoms with Gasteiger partial charge in [-0.05, 0) is 36.5 Å². The first kappa shape index (κ1) is 12.2. The lowest BCUT2D eigenvalue weighted by atomic mass is 9.88. The van der Waals surface area contributed by atoms with Gasteiger partial charge in [-0.2, -0.15) is 0 Å². The molecule has 1 N–H and O–H groups in total. The molecular weight excluding hydrogens is 240 g/mol. The van der Waals surface area contributed by atoms with Gasteiger partial charge in [-0.3, -0.25) is 0 Å². The van der Waals surface area contributed by atoms with Crippen LogP contribution in [0.4, 0.5) is 0 Å². The van der Waals surface area contributed by atoms with Crippen LogP contribution in [0.15, 0.2) is 53.6 Å². The van der Waals surface area contributed by atoms with Crippen LogP contribution in [0.3, 0.4) is 0 Å². The largest absolute Gasteiger partial charge is 0.478 e. The minimum absolute atomic E-state index is 0.0436. The minimum atomic E-state index is -0.851. The van der Waals surface area contributed by atoms with Crippen LogP contribution >= 0.6 is 0 Å². The highest BCUT2D eigenvalue weighted by Gasteiger charge is 2.29. The first-order valence-corrected chi connectivity index (χ1v) is 6.58. The third-order valence-corrected chi connectivity index (χ3v) is 3.75. The highest BCUT2D eigenvalue weighted by molar-refractivity contribution is 5.90. The van der Waals surface area contributed by atoms with Gasteiger partial charge in [0.05, 0.1) is 17.8 Å². The van der Waals surface area contributed by atoms with Crippen LogP contribution in [0.25, 0.3) is 0 Å². The molecule has 0 aromatic heterocycles. The SMILES string of the molecule is O=C(O)C1=CCC2OC(c3ccccc3)CCC2=C1. The molecule has 1 saturated heterocycles. The van der Waals surface area contributed by atoms with E-state index in [-0.39, 0.29) is 12.2 Å². The van der Waals surface area contributed by atoms with Crippen molar-refractivity contribution in [2.75, 3.05) is 0 Å². The van der Waals surface area contributed by atoms with E-state index in [1.54, 1.807) is 12.2 Å². The van der Waals surface area contributed by atoms with E-state index < -0.39 is 5.97 Å². The van der Waals surface area contributed by atoms with E-state index in [1.807, 2.05) is 18.2 Å². The van der Waals surface area contributed by atoms with Crippen molar-refractivity contribution in [2.24, 2.45) is 0 Å². The number of carboxylic acid groups (broad SMARTS) is 1. The molecule has 1 fully saturated rings. The third-order valence-electron chi connectivity index (χ3n) is 3.75. The lowest BCUT2D eigenvalue weighted by molar-refractivity contribution is -0.132. The first-order valence-electron chi connectivity index (χ1n) is 6.58. The van der Waals surface area contributed by atoms with Gasteiger partial charge in [0, 0.05) is 0 Å². The van der Waals surface area contributed by atoms with E-state index in [2.05, 4.69) is 12.1 Å². The van der Waals surface area contributed by atoms with Crippen LogP contribution in [-0.2, 0) is 9.53 Å². The fourth-order valence-corrected chi connectivity index (χ4v) is 2.74. The number of carboxylic acids is 1. The van der Waals surface area contributed by atoms with Gasteiger partial charge in [-0.25, -0.2) is 4.79 Å². The third kappa shape index (κ3) is 2.47. The molecular formula is C16H16O3. The lowest BCUT2D eigenvalue weighted by Gasteiger charge is -2.34. The summed E-state index contributed by atoms with van der Waals surface area (Å²) in [6, 6.07) is 10.2. The Morgan fingerprint density at radius 2 is 2.00 bits per heavy atom. The van der Waals surface area contributed by atoms with E-state index in [4.69, 9.17) is 9.84 Å². The average Bonchev–Trinajstić information content (AvgIpc) is 2.47. The molecule has 0 saturated carbocycles. The lowest BCUT2D eigenvalue weighted by Crippen LogP contribution is -2.27. The Morgan fingerprint density at radius 1 is 1.21 bits per heavy atom. The number of ether oxygens (including phenoxy) is 1. The van der Waals surface area contributed by atoms with Crippen LogP contribution in [0.5, 0.6) is 0 Å². The maximum Gasteiger partial charge on any atom is 0.335 e. The van der Waals surface area contributed by atoms with Crippen molar-refractivity contribution in [3.8, 4) is 0 Å².